The van der Waals surface area contributed by atoms with E-state index in [1.165, 1.54) is 0 Å². The molecule has 1 atom stereocenters. The molecular weight excluding hydrogens is 238 g/mol. The number of hydrogen-bond acceptors (Lipinski definition) is 3. The summed E-state index contributed by atoms with van der Waals surface area (Å²) in [5.41, 5.74) is 1.79. The van der Waals surface area contributed by atoms with Crippen LogP contribution in [0, 0.1) is 0 Å². The summed E-state index contributed by atoms with van der Waals surface area (Å²) >= 11 is 5.80. The molecule has 1 aromatic carbocycles. The average molecular weight is 252 g/mol. The largest absolute Gasteiger partial charge is 0.387 e. The monoisotopic (exact) mass is 251 g/mol. The second-order valence-electron chi connectivity index (χ2n) is 3.77. The molecule has 4 nitrogen and oxygen atoms in total. The molecule has 0 amide bonds. The molecule has 1 aromatic heterocycles. The van der Waals surface area contributed by atoms with Gasteiger partial charge in [-0.25, -0.2) is 4.68 Å². The van der Waals surface area contributed by atoms with E-state index < -0.39 is 6.10 Å². The first kappa shape index (κ1) is 12.1. The Labute approximate surface area is 105 Å². The van der Waals surface area contributed by atoms with E-state index in [9.17, 15) is 5.11 Å². The molecule has 0 saturated heterocycles. The maximum absolute atomic E-state index is 9.78. The third-order valence-electron chi connectivity index (χ3n) is 2.49. The number of nitrogens with one attached hydrogen (secondary N) is 1. The van der Waals surface area contributed by atoms with Gasteiger partial charge in [-0.2, -0.15) is 5.10 Å². The van der Waals surface area contributed by atoms with Crippen LogP contribution in [0.5, 0.6) is 0 Å². The number of benzene rings is 1. The van der Waals surface area contributed by atoms with Crippen LogP contribution in [0.4, 0.5) is 0 Å². The van der Waals surface area contributed by atoms with Gasteiger partial charge in [0.05, 0.1) is 23.0 Å². The molecule has 90 valence electrons. The Bertz CT molecular complexity index is 481. The van der Waals surface area contributed by atoms with Crippen molar-refractivity contribution >= 4 is 11.6 Å². The van der Waals surface area contributed by atoms with Crippen molar-refractivity contribution in [2.45, 2.75) is 6.10 Å². The fourth-order valence-corrected chi connectivity index (χ4v) is 1.74. The number of halogens is 1. The third kappa shape index (κ3) is 2.85. The highest BCUT2D eigenvalue weighted by Crippen LogP contribution is 2.16. The van der Waals surface area contributed by atoms with Crippen LogP contribution in [-0.4, -0.2) is 28.5 Å². The van der Waals surface area contributed by atoms with Crippen LogP contribution in [0.15, 0.2) is 36.7 Å². The lowest BCUT2D eigenvalue weighted by atomic mass is 10.1. The summed E-state index contributed by atoms with van der Waals surface area (Å²) < 4.78 is 1.69. The number of aromatic nitrogens is 2. The molecule has 17 heavy (non-hydrogen) atoms. The molecule has 0 spiro atoms. The van der Waals surface area contributed by atoms with Crippen molar-refractivity contribution in [3.05, 3.63) is 47.2 Å². The molecule has 0 saturated carbocycles. The quantitative estimate of drug-likeness (QED) is 0.871. The highest BCUT2D eigenvalue weighted by Gasteiger charge is 2.06. The summed E-state index contributed by atoms with van der Waals surface area (Å²) in [5, 5.41) is 17.4. The van der Waals surface area contributed by atoms with E-state index in [1.54, 1.807) is 17.1 Å². The van der Waals surface area contributed by atoms with Crippen molar-refractivity contribution in [2.24, 2.45) is 0 Å². The van der Waals surface area contributed by atoms with Gasteiger partial charge in [0, 0.05) is 12.7 Å². The fraction of sp³-hybridized carbons (Fsp3) is 0.250. The summed E-state index contributed by atoms with van der Waals surface area (Å²) in [6.45, 7) is 0.535. The van der Waals surface area contributed by atoms with Crippen LogP contribution in [0.1, 0.15) is 11.7 Å². The Hall–Kier alpha value is -1.36. The minimum absolute atomic E-state index is 0.491. The minimum atomic E-state index is -0.491. The van der Waals surface area contributed by atoms with Gasteiger partial charge >= 0.3 is 0 Å². The molecule has 1 unspecified atom stereocenters. The smallest absolute Gasteiger partial charge is 0.0914 e. The number of rotatable bonds is 4. The Morgan fingerprint density at radius 3 is 2.65 bits per heavy atom. The van der Waals surface area contributed by atoms with Crippen molar-refractivity contribution in [1.29, 1.82) is 0 Å². The van der Waals surface area contributed by atoms with Gasteiger partial charge in [0.1, 0.15) is 0 Å². The number of aliphatic hydroxyl groups excluding tert-OH is 1. The first-order valence-electron chi connectivity index (χ1n) is 5.34. The predicted octanol–water partition coefficient (Wildman–Crippen LogP) is 1.78. The highest BCUT2D eigenvalue weighted by molar-refractivity contribution is 6.30. The van der Waals surface area contributed by atoms with Crippen LogP contribution in [0.25, 0.3) is 5.69 Å². The second-order valence-corrected chi connectivity index (χ2v) is 4.20. The maximum atomic E-state index is 9.78. The molecule has 2 aromatic rings. The van der Waals surface area contributed by atoms with Gasteiger partial charge in [0.15, 0.2) is 0 Å². The van der Waals surface area contributed by atoms with Gasteiger partial charge < -0.3 is 10.4 Å². The first-order chi connectivity index (χ1) is 8.20. The van der Waals surface area contributed by atoms with E-state index in [1.807, 2.05) is 31.3 Å². The number of likely N-dealkylation sites (N-methyl/N-ethyl adjacent to an activating group) is 1. The zero-order chi connectivity index (χ0) is 12.3. The Morgan fingerprint density at radius 1 is 1.41 bits per heavy atom. The lowest BCUT2D eigenvalue weighted by Crippen LogP contribution is -2.16. The Morgan fingerprint density at radius 2 is 2.12 bits per heavy atom. The summed E-state index contributed by atoms with van der Waals surface area (Å²) in [7, 11) is 1.81. The van der Waals surface area contributed by atoms with Crippen molar-refractivity contribution < 1.29 is 5.11 Å². The predicted molar refractivity (Wildman–Crippen MR) is 67.5 cm³/mol. The van der Waals surface area contributed by atoms with Crippen molar-refractivity contribution in [3.63, 3.8) is 0 Å². The molecule has 0 fully saturated rings. The van der Waals surface area contributed by atoms with Crippen LogP contribution >= 0.6 is 11.6 Å². The molecule has 0 aliphatic rings. The van der Waals surface area contributed by atoms with E-state index in [0.29, 0.717) is 11.6 Å². The van der Waals surface area contributed by atoms with Crippen molar-refractivity contribution in [2.75, 3.05) is 13.6 Å². The number of hydrogen-bond donors (Lipinski definition) is 2. The molecule has 5 heteroatoms. The topological polar surface area (TPSA) is 50.1 Å². The van der Waals surface area contributed by atoms with Crippen molar-refractivity contribution in [3.8, 4) is 5.69 Å². The molecule has 0 bridgehead atoms. The van der Waals surface area contributed by atoms with Crippen LogP contribution in [-0.2, 0) is 0 Å². The third-order valence-corrected chi connectivity index (χ3v) is 2.69. The lowest BCUT2D eigenvalue weighted by Gasteiger charge is -2.10. The number of aliphatic hydroxyl groups is 1. The highest BCUT2D eigenvalue weighted by atomic mass is 35.5. The van der Waals surface area contributed by atoms with Gasteiger partial charge in [-0.05, 0) is 24.7 Å². The molecule has 0 aliphatic carbocycles. The summed E-state index contributed by atoms with van der Waals surface area (Å²) in [4.78, 5) is 0. The zero-order valence-electron chi connectivity index (χ0n) is 9.47. The van der Waals surface area contributed by atoms with E-state index in [-0.39, 0.29) is 0 Å². The van der Waals surface area contributed by atoms with Gasteiger partial charge in [0.25, 0.3) is 0 Å². The van der Waals surface area contributed by atoms with Crippen molar-refractivity contribution in [1.82, 2.24) is 15.1 Å². The van der Waals surface area contributed by atoms with Gasteiger partial charge in [0.2, 0.25) is 0 Å². The van der Waals surface area contributed by atoms with Gasteiger partial charge in [-0.3, -0.25) is 0 Å². The SMILES string of the molecule is CNCC(O)c1ccc(-n2cc(Cl)cn2)cc1. The van der Waals surface area contributed by atoms with Crippen LogP contribution in [0.2, 0.25) is 5.02 Å². The molecule has 0 aliphatic heterocycles. The van der Waals surface area contributed by atoms with E-state index in [2.05, 4.69) is 10.4 Å². The van der Waals surface area contributed by atoms with Gasteiger partial charge in [-0.15, -0.1) is 0 Å². The Kier molecular flexibility index (Phi) is 3.78. The lowest BCUT2D eigenvalue weighted by molar-refractivity contribution is 0.178. The molecular formula is C12H14ClN3O. The summed E-state index contributed by atoms with van der Waals surface area (Å²) in [6.07, 6.45) is 2.83. The van der Waals surface area contributed by atoms with Gasteiger partial charge in [-0.1, -0.05) is 23.7 Å². The second kappa shape index (κ2) is 5.31. The summed E-state index contributed by atoms with van der Waals surface area (Å²) in [6, 6.07) is 7.56. The minimum Gasteiger partial charge on any atom is -0.387 e. The zero-order valence-corrected chi connectivity index (χ0v) is 10.2. The average Bonchev–Trinajstić information content (AvgIpc) is 2.76. The normalized spacial score (nSPS) is 12.6. The van der Waals surface area contributed by atoms with E-state index >= 15 is 0 Å². The molecule has 2 rings (SSSR count). The Balaban J connectivity index is 2.18. The van der Waals surface area contributed by atoms with Crippen LogP contribution < -0.4 is 5.32 Å². The molecule has 1 heterocycles. The summed E-state index contributed by atoms with van der Waals surface area (Å²) in [5.74, 6) is 0. The van der Waals surface area contributed by atoms with E-state index in [0.717, 1.165) is 11.3 Å². The number of nitrogens with zero attached hydrogens (tertiary/aromatic N) is 2. The standard InChI is InChI=1S/C12H14ClN3O/c1-14-7-12(17)9-2-4-11(5-3-9)16-8-10(13)6-15-16/h2-6,8,12,14,17H,7H2,1H3. The fourth-order valence-electron chi connectivity index (χ4n) is 1.60. The molecule has 2 N–H and O–H groups in total. The molecule has 0 radical (unpaired) electrons. The van der Waals surface area contributed by atoms with Crippen LogP contribution in [0.3, 0.4) is 0 Å². The van der Waals surface area contributed by atoms with E-state index in [4.69, 9.17) is 11.6 Å². The maximum Gasteiger partial charge on any atom is 0.0914 e. The first-order valence-corrected chi connectivity index (χ1v) is 5.71.